The van der Waals surface area contributed by atoms with E-state index in [4.69, 9.17) is 15.3 Å². The van der Waals surface area contributed by atoms with Crippen LogP contribution >= 0.6 is 12.4 Å². The number of rotatable bonds is 0. The van der Waals surface area contributed by atoms with Crippen molar-refractivity contribution in [2.75, 3.05) is 13.1 Å². The normalized spacial score (nSPS) is 12.6. The minimum absolute atomic E-state index is 0. The highest BCUT2D eigenvalue weighted by Gasteiger charge is 2.29. The maximum Gasteiger partial charge on any atom is 0.410 e. The second-order valence-electron chi connectivity index (χ2n) is 4.49. The van der Waals surface area contributed by atoms with Crippen LogP contribution in [0.4, 0.5) is 4.79 Å². The summed E-state index contributed by atoms with van der Waals surface area (Å²) >= 11 is 0. The van der Waals surface area contributed by atoms with Crippen LogP contribution in [0.15, 0.2) is 11.6 Å². The maximum absolute atomic E-state index is 11.4. The third kappa shape index (κ3) is 7.54. The average molecular weight is 272 g/mol. The third-order valence-corrected chi connectivity index (χ3v) is 1.71. The molecular formula is C12H18ClN3O2. The zero-order chi connectivity index (χ0) is 13.5. The van der Waals surface area contributed by atoms with Crippen LogP contribution in [0.2, 0.25) is 0 Å². The number of carbonyl (C=O) groups excluding carboxylic acids is 1. The minimum atomic E-state index is -0.453. The monoisotopic (exact) mass is 271 g/mol. The summed E-state index contributed by atoms with van der Waals surface area (Å²) in [5, 5.41) is 15.7. The van der Waals surface area contributed by atoms with Gasteiger partial charge in [0.05, 0.1) is 12.1 Å². The third-order valence-electron chi connectivity index (χ3n) is 1.71. The van der Waals surface area contributed by atoms with Gasteiger partial charge in [0.25, 0.3) is 0 Å². The van der Waals surface area contributed by atoms with Crippen molar-refractivity contribution in [3.05, 3.63) is 11.6 Å². The smallest absolute Gasteiger partial charge is 0.410 e. The van der Waals surface area contributed by atoms with Crippen LogP contribution in [-0.2, 0) is 4.74 Å². The van der Waals surface area contributed by atoms with Crippen molar-refractivity contribution in [2.45, 2.75) is 33.3 Å². The van der Waals surface area contributed by atoms with Gasteiger partial charge in [0.15, 0.2) is 0 Å². The van der Waals surface area contributed by atoms with Crippen molar-refractivity contribution in [2.24, 2.45) is 0 Å². The molecule has 0 spiro atoms. The van der Waals surface area contributed by atoms with E-state index in [1.807, 2.05) is 26.8 Å². The van der Waals surface area contributed by atoms with Crippen molar-refractivity contribution < 1.29 is 9.53 Å². The van der Waals surface area contributed by atoms with Crippen molar-refractivity contribution in [1.82, 2.24) is 4.90 Å². The van der Waals surface area contributed by atoms with Crippen molar-refractivity contribution >= 4 is 18.5 Å². The van der Waals surface area contributed by atoms with E-state index in [1.165, 1.54) is 13.0 Å². The predicted octanol–water partition coefficient (Wildman–Crippen LogP) is 2.64. The molecule has 0 aromatic carbocycles. The second-order valence-corrected chi connectivity index (χ2v) is 4.49. The molecule has 5 nitrogen and oxygen atoms in total. The summed E-state index contributed by atoms with van der Waals surface area (Å²) in [4.78, 5) is 12.9. The Bertz CT molecular complexity index is 378. The first-order chi connectivity index (χ1) is 7.84. The van der Waals surface area contributed by atoms with E-state index < -0.39 is 5.60 Å². The molecule has 18 heavy (non-hydrogen) atoms. The van der Waals surface area contributed by atoms with Gasteiger partial charge in [-0.15, -0.1) is 12.4 Å². The summed E-state index contributed by atoms with van der Waals surface area (Å²) in [6.07, 6.45) is 1.16. The fraction of sp³-hybridized carbons (Fsp3) is 0.583. The number of carbonyl (C=O) groups is 1. The van der Waals surface area contributed by atoms with E-state index in [2.05, 4.69) is 0 Å². The molecular weight excluding hydrogens is 254 g/mol. The molecule has 1 aliphatic rings. The summed E-state index contributed by atoms with van der Waals surface area (Å²) in [7, 11) is 0. The van der Waals surface area contributed by atoms with Gasteiger partial charge in [-0.3, -0.25) is 0 Å². The van der Waals surface area contributed by atoms with Crippen LogP contribution < -0.4 is 0 Å². The molecule has 0 aromatic rings. The first-order valence-corrected chi connectivity index (χ1v) is 5.20. The molecule has 0 bridgehead atoms. The summed E-state index contributed by atoms with van der Waals surface area (Å²) in [6.45, 7) is 7.95. The Hall–Kier alpha value is -1.72. The highest BCUT2D eigenvalue weighted by atomic mass is 35.5. The largest absolute Gasteiger partial charge is 0.444 e. The summed E-state index contributed by atoms with van der Waals surface area (Å²) in [5.74, 6) is 0. The first-order valence-electron chi connectivity index (χ1n) is 5.20. The summed E-state index contributed by atoms with van der Waals surface area (Å²) in [6, 6.07) is 3.69. The molecule has 1 fully saturated rings. The highest BCUT2D eigenvalue weighted by molar-refractivity contribution is 5.85. The number of likely N-dealkylation sites (tertiary alicyclic amines) is 1. The molecule has 0 atom stereocenters. The van der Waals surface area contributed by atoms with E-state index in [1.54, 1.807) is 11.0 Å². The molecule has 0 aromatic heterocycles. The van der Waals surface area contributed by atoms with Gasteiger partial charge in [0.2, 0.25) is 0 Å². The lowest BCUT2D eigenvalue weighted by atomic mass is 10.1. The Morgan fingerprint density at radius 1 is 1.39 bits per heavy atom. The zero-order valence-electron chi connectivity index (χ0n) is 11.1. The van der Waals surface area contributed by atoms with E-state index in [-0.39, 0.29) is 18.5 Å². The predicted molar refractivity (Wildman–Crippen MR) is 70.0 cm³/mol. The van der Waals surface area contributed by atoms with Crippen molar-refractivity contribution in [3.63, 3.8) is 0 Å². The number of nitrogens with zero attached hydrogens (tertiary/aromatic N) is 3. The Morgan fingerprint density at radius 3 is 2.17 bits per heavy atom. The number of allylic oxidation sites excluding steroid dienone is 1. The molecule has 1 rings (SSSR count). The number of halogens is 1. The van der Waals surface area contributed by atoms with Crippen molar-refractivity contribution in [1.29, 1.82) is 10.5 Å². The molecule has 0 saturated carbocycles. The van der Waals surface area contributed by atoms with Gasteiger partial charge < -0.3 is 9.64 Å². The number of hydrogen-bond donors (Lipinski definition) is 0. The van der Waals surface area contributed by atoms with Crippen LogP contribution in [0, 0.1) is 22.7 Å². The molecule has 0 aliphatic carbocycles. The van der Waals surface area contributed by atoms with Gasteiger partial charge >= 0.3 is 6.09 Å². The molecule has 100 valence electrons. The van der Waals surface area contributed by atoms with E-state index in [0.29, 0.717) is 13.1 Å². The molecule has 0 radical (unpaired) electrons. The lowest BCUT2D eigenvalue weighted by Gasteiger charge is -2.34. The number of amides is 1. The lowest BCUT2D eigenvalue weighted by molar-refractivity contribution is 0.0214. The zero-order valence-corrected chi connectivity index (χ0v) is 11.9. The lowest BCUT2D eigenvalue weighted by Crippen LogP contribution is -2.46. The SMILES string of the molecule is CC#N.CC(C)(C)OC(=O)N1CC(=CC#N)C1.Cl. The van der Waals surface area contributed by atoms with Crippen molar-refractivity contribution in [3.8, 4) is 12.1 Å². The van der Waals surface area contributed by atoms with Crippen LogP contribution in [0.3, 0.4) is 0 Å². The number of nitriles is 2. The van der Waals surface area contributed by atoms with Crippen LogP contribution in [0.25, 0.3) is 0 Å². The molecule has 0 N–H and O–H groups in total. The summed E-state index contributed by atoms with van der Waals surface area (Å²) < 4.78 is 5.14. The second kappa shape index (κ2) is 8.38. The quantitative estimate of drug-likeness (QED) is 0.635. The van der Waals surface area contributed by atoms with Gasteiger partial charge in [-0.2, -0.15) is 10.5 Å². The van der Waals surface area contributed by atoms with E-state index >= 15 is 0 Å². The first kappa shape index (κ1) is 18.6. The Balaban J connectivity index is 0. The number of hydrogen-bond acceptors (Lipinski definition) is 4. The summed E-state index contributed by atoms with van der Waals surface area (Å²) in [5.41, 5.74) is 0.518. The fourth-order valence-electron chi connectivity index (χ4n) is 1.08. The standard InChI is InChI=1S/C10H14N2O2.C2H3N.ClH/c1-10(2,3)14-9(13)12-6-8(7-12)4-5-11;1-2-3;/h4H,6-7H2,1-3H3;1H3;1H. The van der Waals surface area contributed by atoms with Gasteiger partial charge in [0.1, 0.15) is 5.60 Å². The van der Waals surface area contributed by atoms with Gasteiger partial charge in [0, 0.05) is 26.1 Å². The maximum atomic E-state index is 11.4. The molecule has 1 saturated heterocycles. The minimum Gasteiger partial charge on any atom is -0.444 e. The number of ether oxygens (including phenoxy) is 1. The fourth-order valence-corrected chi connectivity index (χ4v) is 1.08. The van der Waals surface area contributed by atoms with E-state index in [9.17, 15) is 4.79 Å². The average Bonchev–Trinajstić information content (AvgIpc) is 2.08. The molecule has 1 aliphatic heterocycles. The molecule has 1 heterocycles. The highest BCUT2D eigenvalue weighted by Crippen LogP contribution is 2.18. The van der Waals surface area contributed by atoms with Crippen LogP contribution in [0.1, 0.15) is 27.7 Å². The molecule has 0 unspecified atom stereocenters. The Labute approximate surface area is 114 Å². The van der Waals surface area contributed by atoms with E-state index in [0.717, 1.165) is 5.57 Å². The Kier molecular flexibility index (Phi) is 8.68. The molecule has 6 heteroatoms. The van der Waals surface area contributed by atoms with Gasteiger partial charge in [-0.25, -0.2) is 4.79 Å². The topological polar surface area (TPSA) is 77.1 Å². The van der Waals surface area contributed by atoms with Crippen LogP contribution in [0.5, 0.6) is 0 Å². The van der Waals surface area contributed by atoms with Gasteiger partial charge in [-0.05, 0) is 26.3 Å². The van der Waals surface area contributed by atoms with Gasteiger partial charge in [-0.1, -0.05) is 0 Å². The van der Waals surface area contributed by atoms with Crippen LogP contribution in [-0.4, -0.2) is 29.7 Å². The molecule has 1 amide bonds. The Morgan fingerprint density at radius 2 is 1.83 bits per heavy atom.